The van der Waals surface area contributed by atoms with Crippen LogP contribution in [0.5, 0.6) is 0 Å². The van der Waals surface area contributed by atoms with Crippen LogP contribution in [0.4, 0.5) is 0 Å². The van der Waals surface area contributed by atoms with Gasteiger partial charge in [0, 0.05) is 44.8 Å². The molecule has 0 bridgehead atoms. The number of aryl methyl sites for hydroxylation is 2. The summed E-state index contributed by atoms with van der Waals surface area (Å²) < 4.78 is 3.48. The van der Waals surface area contributed by atoms with Crippen molar-refractivity contribution in [2.24, 2.45) is 5.92 Å². The number of nitrogens with one attached hydrogen (secondary N) is 2. The lowest BCUT2D eigenvalue weighted by Crippen LogP contribution is -2.38. The summed E-state index contributed by atoms with van der Waals surface area (Å²) in [5.74, 6) is 0.319. The summed E-state index contributed by atoms with van der Waals surface area (Å²) in [6.07, 6.45) is 4.46. The largest absolute Gasteiger partial charge is 0.352 e. The smallest absolute Gasteiger partial charge is 0.279 e. The van der Waals surface area contributed by atoms with Crippen molar-refractivity contribution in [3.63, 3.8) is 0 Å². The summed E-state index contributed by atoms with van der Waals surface area (Å²) in [7, 11) is 0. The van der Waals surface area contributed by atoms with Crippen LogP contribution in [0.25, 0.3) is 5.65 Å². The summed E-state index contributed by atoms with van der Waals surface area (Å²) in [5, 5.41) is 10.7. The molecule has 2 aliphatic heterocycles. The van der Waals surface area contributed by atoms with Gasteiger partial charge >= 0.3 is 0 Å². The third-order valence-corrected chi connectivity index (χ3v) is 7.31. The Bertz CT molecular complexity index is 1230. The van der Waals surface area contributed by atoms with Crippen molar-refractivity contribution in [1.29, 1.82) is 0 Å². The minimum atomic E-state index is -0.146. The fourth-order valence-corrected chi connectivity index (χ4v) is 5.31. The molecule has 2 N–H and O–H groups in total. The number of carbonyl (C=O) groups is 1. The molecule has 180 valence electrons. The molecular formula is C26H34N6O2. The molecule has 0 atom stereocenters. The van der Waals surface area contributed by atoms with Gasteiger partial charge in [-0.15, -0.1) is 0 Å². The average Bonchev–Trinajstić information content (AvgIpc) is 3.31. The van der Waals surface area contributed by atoms with E-state index in [0.717, 1.165) is 56.7 Å². The number of rotatable bonds is 6. The molecule has 1 fully saturated rings. The number of nitrogens with zero attached hydrogens (tertiary/aromatic N) is 4. The highest BCUT2D eigenvalue weighted by molar-refractivity contribution is 5.99. The van der Waals surface area contributed by atoms with Crippen molar-refractivity contribution in [3.8, 4) is 0 Å². The molecule has 1 aromatic carbocycles. The molecule has 8 heteroatoms. The van der Waals surface area contributed by atoms with E-state index in [4.69, 9.17) is 0 Å². The van der Waals surface area contributed by atoms with Crippen molar-refractivity contribution in [1.82, 2.24) is 29.7 Å². The van der Waals surface area contributed by atoms with Crippen molar-refractivity contribution >= 4 is 11.6 Å². The number of hydrogen-bond donors (Lipinski definition) is 2. The van der Waals surface area contributed by atoms with Crippen LogP contribution in [0.15, 0.2) is 35.3 Å². The molecule has 0 saturated carbocycles. The molecule has 3 aromatic rings. The van der Waals surface area contributed by atoms with E-state index in [9.17, 15) is 9.59 Å². The lowest BCUT2D eigenvalue weighted by Gasteiger charge is -2.32. The van der Waals surface area contributed by atoms with E-state index < -0.39 is 0 Å². The van der Waals surface area contributed by atoms with Crippen LogP contribution in [0, 0.1) is 12.8 Å². The van der Waals surface area contributed by atoms with Crippen LogP contribution in [-0.4, -0.2) is 51.2 Å². The Kier molecular flexibility index (Phi) is 6.52. The zero-order valence-electron chi connectivity index (χ0n) is 20.1. The Labute approximate surface area is 200 Å². The molecule has 2 aliphatic rings. The first-order valence-electron chi connectivity index (χ1n) is 12.4. The molecule has 0 unspecified atom stereocenters. The maximum absolute atomic E-state index is 13.1. The molecule has 34 heavy (non-hydrogen) atoms. The number of carbonyl (C=O) groups excluding carboxylic acids is 1. The molecule has 0 spiro atoms. The fourth-order valence-electron chi connectivity index (χ4n) is 5.31. The average molecular weight is 463 g/mol. The summed E-state index contributed by atoms with van der Waals surface area (Å²) in [6, 6.07) is 8.76. The number of aromatic nitrogens is 3. The molecule has 1 saturated heterocycles. The Balaban J connectivity index is 1.23. The molecule has 2 aromatic heterocycles. The second kappa shape index (κ2) is 9.72. The molecule has 8 nitrogen and oxygen atoms in total. The van der Waals surface area contributed by atoms with E-state index in [-0.39, 0.29) is 11.5 Å². The maximum atomic E-state index is 13.1. The third-order valence-electron chi connectivity index (χ3n) is 7.31. The molecule has 0 aliphatic carbocycles. The van der Waals surface area contributed by atoms with Gasteiger partial charge in [-0.1, -0.05) is 29.8 Å². The maximum Gasteiger partial charge on any atom is 0.279 e. The number of likely N-dealkylation sites (tertiary alicyclic amines) is 1. The van der Waals surface area contributed by atoms with E-state index in [1.165, 1.54) is 15.6 Å². The van der Waals surface area contributed by atoms with Crippen LogP contribution in [0.2, 0.25) is 0 Å². The summed E-state index contributed by atoms with van der Waals surface area (Å²) in [6.45, 7) is 9.96. The van der Waals surface area contributed by atoms with Gasteiger partial charge in [-0.05, 0) is 51.3 Å². The SMILES string of the molecule is CCn1c2c(c(=O)n3ncc(C(=O)NCC4CCN(Cc5ccc(C)cc5)CC4)c13)CNCC2. The molecule has 5 rings (SSSR count). The first-order valence-corrected chi connectivity index (χ1v) is 12.4. The highest BCUT2D eigenvalue weighted by Crippen LogP contribution is 2.20. The van der Waals surface area contributed by atoms with E-state index in [1.807, 2.05) is 6.92 Å². The predicted octanol–water partition coefficient (Wildman–Crippen LogP) is 2.11. The summed E-state index contributed by atoms with van der Waals surface area (Å²) in [5.41, 5.74) is 5.39. The molecule has 1 amide bonds. The number of amides is 1. The first-order chi connectivity index (χ1) is 16.5. The van der Waals surface area contributed by atoms with Gasteiger partial charge in [0.1, 0.15) is 5.56 Å². The molecule has 0 radical (unpaired) electrons. The molecule has 4 heterocycles. The minimum absolute atomic E-state index is 0.123. The normalized spacial score (nSPS) is 17.1. The Morgan fingerprint density at radius 1 is 1.21 bits per heavy atom. The van der Waals surface area contributed by atoms with Crippen molar-refractivity contribution in [2.75, 3.05) is 26.2 Å². The Morgan fingerprint density at radius 3 is 2.71 bits per heavy atom. The number of hydrogen-bond acceptors (Lipinski definition) is 5. The highest BCUT2D eigenvalue weighted by atomic mass is 16.2. The monoisotopic (exact) mass is 462 g/mol. The van der Waals surface area contributed by atoms with Crippen LogP contribution in [0.1, 0.15) is 52.5 Å². The van der Waals surface area contributed by atoms with Crippen LogP contribution in [0.3, 0.4) is 0 Å². The molecular weight excluding hydrogens is 428 g/mol. The minimum Gasteiger partial charge on any atom is -0.352 e. The highest BCUT2D eigenvalue weighted by Gasteiger charge is 2.25. The van der Waals surface area contributed by atoms with E-state index in [1.54, 1.807) is 6.20 Å². The zero-order valence-corrected chi connectivity index (χ0v) is 20.1. The second-order valence-electron chi connectivity index (χ2n) is 9.61. The number of piperidine rings is 1. The van der Waals surface area contributed by atoms with Crippen LogP contribution < -0.4 is 16.2 Å². The van der Waals surface area contributed by atoms with Crippen molar-refractivity contribution in [2.45, 2.75) is 52.7 Å². The second-order valence-corrected chi connectivity index (χ2v) is 9.61. The third kappa shape index (κ3) is 4.40. The first kappa shape index (κ1) is 22.8. The van der Waals surface area contributed by atoms with E-state index >= 15 is 0 Å². The topological polar surface area (TPSA) is 83.7 Å². The van der Waals surface area contributed by atoms with Crippen LogP contribution >= 0.6 is 0 Å². The van der Waals surface area contributed by atoms with Gasteiger partial charge in [-0.3, -0.25) is 14.5 Å². The van der Waals surface area contributed by atoms with Gasteiger partial charge in [0.15, 0.2) is 5.65 Å². The van der Waals surface area contributed by atoms with Gasteiger partial charge in [0.2, 0.25) is 0 Å². The van der Waals surface area contributed by atoms with E-state index in [0.29, 0.717) is 36.8 Å². The number of benzene rings is 1. The predicted molar refractivity (Wildman–Crippen MR) is 132 cm³/mol. The zero-order chi connectivity index (χ0) is 23.7. The Hall–Kier alpha value is -2.97. The van der Waals surface area contributed by atoms with Gasteiger partial charge in [-0.25, -0.2) is 0 Å². The van der Waals surface area contributed by atoms with E-state index in [2.05, 4.69) is 56.4 Å². The summed E-state index contributed by atoms with van der Waals surface area (Å²) >= 11 is 0. The fraction of sp³-hybridized carbons (Fsp3) is 0.500. The van der Waals surface area contributed by atoms with Gasteiger partial charge < -0.3 is 15.2 Å². The lowest BCUT2D eigenvalue weighted by molar-refractivity contribution is 0.0936. The van der Waals surface area contributed by atoms with Gasteiger partial charge in [-0.2, -0.15) is 9.61 Å². The lowest BCUT2D eigenvalue weighted by atomic mass is 9.96. The van der Waals surface area contributed by atoms with Crippen molar-refractivity contribution < 1.29 is 4.79 Å². The summed E-state index contributed by atoms with van der Waals surface area (Å²) in [4.78, 5) is 28.6. The van der Waals surface area contributed by atoms with Crippen molar-refractivity contribution in [3.05, 3.63) is 68.8 Å². The quantitative estimate of drug-likeness (QED) is 0.586. The number of fused-ring (bicyclic) bond motifs is 2. The van der Waals surface area contributed by atoms with Gasteiger partial charge in [0.05, 0.1) is 11.8 Å². The van der Waals surface area contributed by atoms with Crippen LogP contribution in [-0.2, 0) is 26.1 Å². The van der Waals surface area contributed by atoms with Gasteiger partial charge in [0.25, 0.3) is 11.5 Å². The standard InChI is InChI=1S/C26H34N6O2/c1-3-31-23-8-11-27-15-21(23)26(34)32-25(31)22(16-29-32)24(33)28-14-19-9-12-30(13-10-19)17-20-6-4-18(2)5-7-20/h4-7,16,19,27H,3,8-15,17H2,1-2H3,(H,28,33). The Morgan fingerprint density at radius 2 is 1.97 bits per heavy atom.